The average molecular weight is 345 g/mol. The Bertz CT molecular complexity index is 608. The second-order valence-electron chi connectivity index (χ2n) is 6.30. The van der Waals surface area contributed by atoms with Crippen molar-refractivity contribution in [2.24, 2.45) is 0 Å². The highest BCUT2D eigenvalue weighted by atomic mass is 16.5. The fourth-order valence-electron chi connectivity index (χ4n) is 3.02. The number of rotatable bonds is 7. The van der Waals surface area contributed by atoms with Crippen LogP contribution in [0.3, 0.4) is 0 Å². The molecule has 1 aliphatic rings. The van der Waals surface area contributed by atoms with Crippen molar-refractivity contribution < 1.29 is 14.8 Å². The molecule has 25 heavy (non-hydrogen) atoms. The van der Waals surface area contributed by atoms with E-state index in [1.807, 2.05) is 24.3 Å². The molecule has 1 fully saturated rings. The first-order chi connectivity index (χ1) is 12.1. The quantitative estimate of drug-likeness (QED) is 0.403. The Kier molecular flexibility index (Phi) is 7.47. The zero-order valence-corrected chi connectivity index (χ0v) is 14.7. The van der Waals surface area contributed by atoms with Gasteiger partial charge in [-0.05, 0) is 37.0 Å². The van der Waals surface area contributed by atoms with Crippen molar-refractivity contribution in [2.75, 3.05) is 18.0 Å². The zero-order chi connectivity index (χ0) is 18.1. The van der Waals surface area contributed by atoms with Crippen LogP contribution in [0.25, 0.3) is 6.08 Å². The van der Waals surface area contributed by atoms with Gasteiger partial charge in [-0.15, -0.1) is 0 Å². The topological polar surface area (TPSA) is 81.7 Å². The van der Waals surface area contributed by atoms with Gasteiger partial charge in [-0.2, -0.15) is 0 Å². The van der Waals surface area contributed by atoms with Crippen LogP contribution in [-0.2, 0) is 9.59 Å². The Morgan fingerprint density at radius 1 is 1.28 bits per heavy atom. The SMILES string of the molecule is CCCCC(=O)NC1CCN(c2ccccc2/C=C/C(=O)NO)CC1. The number of nitrogens with zero attached hydrogens (tertiary/aromatic N) is 1. The maximum absolute atomic E-state index is 11.9. The number of amides is 2. The molecule has 0 saturated carbocycles. The summed E-state index contributed by atoms with van der Waals surface area (Å²) >= 11 is 0. The van der Waals surface area contributed by atoms with Crippen LogP contribution in [0.15, 0.2) is 30.3 Å². The molecule has 2 amide bonds. The Morgan fingerprint density at radius 2 is 2.00 bits per heavy atom. The van der Waals surface area contributed by atoms with Crippen LogP contribution in [0.5, 0.6) is 0 Å². The van der Waals surface area contributed by atoms with E-state index in [-0.39, 0.29) is 11.9 Å². The van der Waals surface area contributed by atoms with Crippen molar-refractivity contribution in [3.63, 3.8) is 0 Å². The lowest BCUT2D eigenvalue weighted by molar-refractivity contribution is -0.124. The van der Waals surface area contributed by atoms with Gasteiger partial charge < -0.3 is 10.2 Å². The number of hydrogen-bond donors (Lipinski definition) is 3. The number of anilines is 1. The van der Waals surface area contributed by atoms with E-state index < -0.39 is 5.91 Å². The van der Waals surface area contributed by atoms with E-state index in [2.05, 4.69) is 17.1 Å². The molecule has 136 valence electrons. The molecule has 1 aromatic rings. The fraction of sp³-hybridized carbons (Fsp3) is 0.474. The summed E-state index contributed by atoms with van der Waals surface area (Å²) in [6.07, 6.45) is 7.40. The van der Waals surface area contributed by atoms with Crippen molar-refractivity contribution >= 4 is 23.6 Å². The first kappa shape index (κ1) is 19.0. The molecule has 1 heterocycles. The number of carbonyl (C=O) groups is 2. The second-order valence-corrected chi connectivity index (χ2v) is 6.30. The molecule has 0 aromatic heterocycles. The van der Waals surface area contributed by atoms with E-state index in [4.69, 9.17) is 5.21 Å². The maximum Gasteiger partial charge on any atom is 0.267 e. The van der Waals surface area contributed by atoms with Crippen molar-refractivity contribution in [1.82, 2.24) is 10.8 Å². The molecule has 0 radical (unpaired) electrons. The fourth-order valence-corrected chi connectivity index (χ4v) is 3.02. The highest BCUT2D eigenvalue weighted by Crippen LogP contribution is 2.25. The second kappa shape index (κ2) is 9.84. The van der Waals surface area contributed by atoms with E-state index >= 15 is 0 Å². The smallest absolute Gasteiger partial charge is 0.267 e. The van der Waals surface area contributed by atoms with Crippen molar-refractivity contribution in [3.05, 3.63) is 35.9 Å². The Balaban J connectivity index is 1.93. The standard InChI is InChI=1S/C19H27N3O3/c1-2-3-8-18(23)20-16-11-13-22(14-12-16)17-7-5-4-6-15(17)9-10-19(24)21-25/h4-7,9-10,16,25H,2-3,8,11-14H2,1H3,(H,20,23)(H,21,24)/b10-9+. The van der Waals surface area contributed by atoms with E-state index in [9.17, 15) is 9.59 Å². The maximum atomic E-state index is 11.9. The third-order valence-electron chi connectivity index (χ3n) is 4.42. The van der Waals surface area contributed by atoms with Crippen LogP contribution in [0.4, 0.5) is 5.69 Å². The molecule has 1 saturated heterocycles. The minimum Gasteiger partial charge on any atom is -0.371 e. The van der Waals surface area contributed by atoms with E-state index in [0.717, 1.165) is 50.0 Å². The Labute approximate surface area is 148 Å². The van der Waals surface area contributed by atoms with Crippen LogP contribution in [0, 0.1) is 0 Å². The third-order valence-corrected chi connectivity index (χ3v) is 4.42. The van der Waals surface area contributed by atoms with Crippen LogP contribution >= 0.6 is 0 Å². The molecular formula is C19H27N3O3. The Hall–Kier alpha value is -2.34. The van der Waals surface area contributed by atoms with Gasteiger partial charge in [-0.1, -0.05) is 31.5 Å². The molecule has 1 aliphatic heterocycles. The summed E-state index contributed by atoms with van der Waals surface area (Å²) < 4.78 is 0. The number of hydrogen-bond acceptors (Lipinski definition) is 4. The lowest BCUT2D eigenvalue weighted by Crippen LogP contribution is -2.44. The number of para-hydroxylation sites is 1. The van der Waals surface area contributed by atoms with Crippen molar-refractivity contribution in [3.8, 4) is 0 Å². The van der Waals surface area contributed by atoms with Crippen LogP contribution in [-0.4, -0.2) is 36.2 Å². The van der Waals surface area contributed by atoms with Gasteiger partial charge in [0, 0.05) is 37.3 Å². The molecule has 6 nitrogen and oxygen atoms in total. The van der Waals surface area contributed by atoms with E-state index in [1.54, 1.807) is 11.6 Å². The van der Waals surface area contributed by atoms with Crippen LogP contribution < -0.4 is 15.7 Å². The summed E-state index contributed by atoms with van der Waals surface area (Å²) in [5, 5.41) is 11.7. The number of hydroxylamine groups is 1. The molecule has 0 bridgehead atoms. The van der Waals surface area contributed by atoms with Gasteiger partial charge in [0.1, 0.15) is 0 Å². The minimum absolute atomic E-state index is 0.152. The summed E-state index contributed by atoms with van der Waals surface area (Å²) in [7, 11) is 0. The number of nitrogens with one attached hydrogen (secondary N) is 2. The molecule has 2 rings (SSSR count). The van der Waals surface area contributed by atoms with Crippen LogP contribution in [0.2, 0.25) is 0 Å². The lowest BCUT2D eigenvalue weighted by atomic mass is 10.0. The van der Waals surface area contributed by atoms with Gasteiger partial charge in [-0.3, -0.25) is 14.8 Å². The number of benzene rings is 1. The molecule has 0 unspecified atom stereocenters. The van der Waals surface area contributed by atoms with Gasteiger partial charge in [0.15, 0.2) is 0 Å². The summed E-state index contributed by atoms with van der Waals surface area (Å²) in [6.45, 7) is 3.80. The third kappa shape index (κ3) is 5.90. The average Bonchev–Trinajstić information content (AvgIpc) is 2.65. The number of piperidine rings is 1. The molecule has 0 atom stereocenters. The first-order valence-electron chi connectivity index (χ1n) is 8.89. The first-order valence-corrected chi connectivity index (χ1v) is 8.89. The molecule has 0 spiro atoms. The minimum atomic E-state index is -0.552. The summed E-state index contributed by atoms with van der Waals surface area (Å²) in [6, 6.07) is 8.09. The van der Waals surface area contributed by atoms with E-state index in [0.29, 0.717) is 6.42 Å². The van der Waals surface area contributed by atoms with Gasteiger partial charge >= 0.3 is 0 Å². The highest BCUT2D eigenvalue weighted by molar-refractivity contribution is 5.91. The van der Waals surface area contributed by atoms with Gasteiger partial charge in [0.05, 0.1) is 0 Å². The lowest BCUT2D eigenvalue weighted by Gasteiger charge is -2.34. The normalized spacial score (nSPS) is 15.4. The van der Waals surface area contributed by atoms with Crippen LogP contribution in [0.1, 0.15) is 44.6 Å². The molecule has 0 aliphatic carbocycles. The number of carbonyl (C=O) groups excluding carboxylic acids is 2. The van der Waals surface area contributed by atoms with Crippen molar-refractivity contribution in [2.45, 2.75) is 45.1 Å². The van der Waals surface area contributed by atoms with Gasteiger partial charge in [-0.25, -0.2) is 5.48 Å². The monoisotopic (exact) mass is 345 g/mol. The van der Waals surface area contributed by atoms with Crippen molar-refractivity contribution in [1.29, 1.82) is 0 Å². The molecule has 6 heteroatoms. The molecular weight excluding hydrogens is 318 g/mol. The predicted molar refractivity (Wildman–Crippen MR) is 98.3 cm³/mol. The molecule has 1 aromatic carbocycles. The largest absolute Gasteiger partial charge is 0.371 e. The number of unbranched alkanes of at least 4 members (excludes halogenated alkanes) is 1. The predicted octanol–water partition coefficient (Wildman–Crippen LogP) is 2.48. The molecule has 3 N–H and O–H groups in total. The zero-order valence-electron chi connectivity index (χ0n) is 14.7. The summed E-state index contributed by atoms with van der Waals surface area (Å²) in [5.41, 5.74) is 3.58. The van der Waals surface area contributed by atoms with Gasteiger partial charge in [0.25, 0.3) is 5.91 Å². The summed E-state index contributed by atoms with van der Waals surface area (Å²) in [4.78, 5) is 25.3. The summed E-state index contributed by atoms with van der Waals surface area (Å²) in [5.74, 6) is -0.401. The Morgan fingerprint density at radius 3 is 2.68 bits per heavy atom. The van der Waals surface area contributed by atoms with Gasteiger partial charge in [0.2, 0.25) is 5.91 Å². The highest BCUT2D eigenvalue weighted by Gasteiger charge is 2.21. The van der Waals surface area contributed by atoms with E-state index in [1.165, 1.54) is 6.08 Å².